The van der Waals surface area contributed by atoms with Gasteiger partial charge in [0.05, 0.1) is 23.5 Å². The van der Waals surface area contributed by atoms with Crippen molar-refractivity contribution in [1.82, 2.24) is 9.88 Å². The van der Waals surface area contributed by atoms with Gasteiger partial charge in [-0.15, -0.1) is 0 Å². The van der Waals surface area contributed by atoms with Crippen molar-refractivity contribution in [3.63, 3.8) is 0 Å². The van der Waals surface area contributed by atoms with Gasteiger partial charge in [0.1, 0.15) is 0 Å². The molecule has 2 fully saturated rings. The summed E-state index contributed by atoms with van der Waals surface area (Å²) in [5.41, 5.74) is 3.11. The number of hydrogen-bond acceptors (Lipinski definition) is 3. The van der Waals surface area contributed by atoms with Crippen molar-refractivity contribution in [1.29, 1.82) is 0 Å². The largest absolute Gasteiger partial charge is 0.378 e. The van der Waals surface area contributed by atoms with E-state index in [1.165, 1.54) is 0 Å². The Morgan fingerprint density at radius 1 is 1.39 bits per heavy atom. The molecule has 4 heteroatoms. The lowest BCUT2D eigenvalue weighted by Gasteiger charge is -2.22. The highest BCUT2D eigenvalue weighted by atomic mass is 16.2. The Bertz CT molecular complexity index is 486. The molecule has 2 unspecified atom stereocenters. The van der Waals surface area contributed by atoms with Gasteiger partial charge in [0.25, 0.3) is 0 Å². The van der Waals surface area contributed by atoms with E-state index in [2.05, 4.69) is 16.4 Å². The van der Waals surface area contributed by atoms with E-state index in [1.807, 2.05) is 24.8 Å². The minimum absolute atomic E-state index is 0.253. The molecule has 0 spiro atoms. The first-order chi connectivity index (χ1) is 8.65. The molecule has 0 aliphatic carbocycles. The number of rotatable bonds is 2. The standard InChI is InChI=1S/C14H19N3O/c1-9-5-6-11(10(2)15-9)16-12-8-14(18)17-7-3-4-13(12)17/h5-6,12-13,16H,3-4,7-8H2,1-2H3. The molecule has 2 saturated heterocycles. The maximum Gasteiger partial charge on any atom is 0.225 e. The van der Waals surface area contributed by atoms with Crippen molar-refractivity contribution in [3.05, 3.63) is 23.5 Å². The van der Waals surface area contributed by atoms with E-state index in [4.69, 9.17) is 0 Å². The van der Waals surface area contributed by atoms with E-state index in [-0.39, 0.29) is 6.04 Å². The highest BCUT2D eigenvalue weighted by Crippen LogP contribution is 2.31. The molecular formula is C14H19N3O. The van der Waals surface area contributed by atoms with Crippen LogP contribution < -0.4 is 5.32 Å². The fraction of sp³-hybridized carbons (Fsp3) is 0.571. The van der Waals surface area contributed by atoms with Crippen LogP contribution in [0.5, 0.6) is 0 Å². The molecule has 3 rings (SSSR count). The van der Waals surface area contributed by atoms with Gasteiger partial charge in [-0.3, -0.25) is 9.78 Å². The molecule has 3 heterocycles. The van der Waals surface area contributed by atoms with Gasteiger partial charge < -0.3 is 10.2 Å². The van der Waals surface area contributed by atoms with Crippen LogP contribution >= 0.6 is 0 Å². The predicted octanol–water partition coefficient (Wildman–Crippen LogP) is 1.87. The molecule has 2 atom stereocenters. The first-order valence-corrected chi connectivity index (χ1v) is 6.65. The number of fused-ring (bicyclic) bond motifs is 1. The van der Waals surface area contributed by atoms with Crippen molar-refractivity contribution in [2.75, 3.05) is 11.9 Å². The Morgan fingerprint density at radius 3 is 3.00 bits per heavy atom. The second-order valence-corrected chi connectivity index (χ2v) is 5.34. The average molecular weight is 245 g/mol. The fourth-order valence-corrected chi connectivity index (χ4v) is 3.15. The molecule has 2 aliphatic heterocycles. The van der Waals surface area contributed by atoms with Crippen LogP contribution in [0.2, 0.25) is 0 Å². The molecule has 0 aromatic carbocycles. The van der Waals surface area contributed by atoms with Gasteiger partial charge in [-0.2, -0.15) is 0 Å². The predicted molar refractivity (Wildman–Crippen MR) is 70.5 cm³/mol. The number of nitrogens with one attached hydrogen (secondary N) is 1. The van der Waals surface area contributed by atoms with Crippen molar-refractivity contribution in [2.45, 2.75) is 45.2 Å². The van der Waals surface area contributed by atoms with Crippen LogP contribution in [-0.4, -0.2) is 34.4 Å². The summed E-state index contributed by atoms with van der Waals surface area (Å²) in [5.74, 6) is 0.299. The SMILES string of the molecule is Cc1ccc(NC2CC(=O)N3CCCC23)c(C)n1. The molecule has 4 nitrogen and oxygen atoms in total. The van der Waals surface area contributed by atoms with E-state index in [0.29, 0.717) is 18.4 Å². The number of aryl methyl sites for hydroxylation is 2. The van der Waals surface area contributed by atoms with Gasteiger partial charge in [0, 0.05) is 18.7 Å². The molecule has 1 aromatic rings. The Balaban J connectivity index is 1.78. The quantitative estimate of drug-likeness (QED) is 0.865. The van der Waals surface area contributed by atoms with Crippen molar-refractivity contribution < 1.29 is 4.79 Å². The van der Waals surface area contributed by atoms with Crippen LogP contribution in [0.4, 0.5) is 5.69 Å². The van der Waals surface area contributed by atoms with Gasteiger partial charge in [0.15, 0.2) is 0 Å². The summed E-state index contributed by atoms with van der Waals surface area (Å²) in [6.07, 6.45) is 2.89. The maximum atomic E-state index is 11.9. The Labute approximate surface area is 107 Å². The van der Waals surface area contributed by atoms with Gasteiger partial charge in [0.2, 0.25) is 5.91 Å². The topological polar surface area (TPSA) is 45.2 Å². The summed E-state index contributed by atoms with van der Waals surface area (Å²) < 4.78 is 0. The third kappa shape index (κ3) is 1.85. The summed E-state index contributed by atoms with van der Waals surface area (Å²) in [6, 6.07) is 4.72. The number of pyridine rings is 1. The van der Waals surface area contributed by atoms with E-state index < -0.39 is 0 Å². The summed E-state index contributed by atoms with van der Waals surface area (Å²) >= 11 is 0. The highest BCUT2D eigenvalue weighted by molar-refractivity contribution is 5.81. The smallest absolute Gasteiger partial charge is 0.225 e. The van der Waals surface area contributed by atoms with Gasteiger partial charge in [-0.25, -0.2) is 0 Å². The van der Waals surface area contributed by atoms with E-state index in [9.17, 15) is 4.79 Å². The monoisotopic (exact) mass is 245 g/mol. The Morgan fingerprint density at radius 2 is 2.22 bits per heavy atom. The first-order valence-electron chi connectivity index (χ1n) is 6.65. The maximum absolute atomic E-state index is 11.9. The second-order valence-electron chi connectivity index (χ2n) is 5.34. The van der Waals surface area contributed by atoms with Crippen LogP contribution in [0, 0.1) is 13.8 Å². The Hall–Kier alpha value is -1.58. The molecule has 0 saturated carbocycles. The summed E-state index contributed by atoms with van der Waals surface area (Å²) in [5, 5.41) is 3.51. The zero-order chi connectivity index (χ0) is 12.7. The molecular weight excluding hydrogens is 226 g/mol. The zero-order valence-corrected chi connectivity index (χ0v) is 10.9. The number of hydrogen-bond donors (Lipinski definition) is 1. The van der Waals surface area contributed by atoms with Crippen LogP contribution in [0.25, 0.3) is 0 Å². The Kier molecular flexibility index (Phi) is 2.73. The van der Waals surface area contributed by atoms with Crippen LogP contribution in [0.15, 0.2) is 12.1 Å². The average Bonchev–Trinajstić information content (AvgIpc) is 2.89. The van der Waals surface area contributed by atoms with Gasteiger partial charge >= 0.3 is 0 Å². The van der Waals surface area contributed by atoms with Crippen molar-refractivity contribution in [2.24, 2.45) is 0 Å². The number of carbonyl (C=O) groups excluding carboxylic acids is 1. The van der Waals surface area contributed by atoms with Crippen LogP contribution in [-0.2, 0) is 4.79 Å². The lowest BCUT2D eigenvalue weighted by molar-refractivity contribution is -0.127. The molecule has 18 heavy (non-hydrogen) atoms. The molecule has 1 aromatic heterocycles. The van der Waals surface area contributed by atoms with Crippen molar-refractivity contribution >= 4 is 11.6 Å². The number of aromatic nitrogens is 1. The van der Waals surface area contributed by atoms with E-state index >= 15 is 0 Å². The lowest BCUT2D eigenvalue weighted by Crippen LogP contribution is -2.34. The summed E-state index contributed by atoms with van der Waals surface area (Å²) in [6.45, 7) is 4.94. The molecule has 1 amide bonds. The van der Waals surface area contributed by atoms with E-state index in [1.54, 1.807) is 0 Å². The minimum Gasteiger partial charge on any atom is -0.378 e. The normalized spacial score (nSPS) is 26.6. The third-order valence-electron chi connectivity index (χ3n) is 4.04. The lowest BCUT2D eigenvalue weighted by atomic mass is 10.1. The summed E-state index contributed by atoms with van der Waals surface area (Å²) in [4.78, 5) is 18.4. The molecule has 96 valence electrons. The number of anilines is 1. The second kappa shape index (κ2) is 4.26. The van der Waals surface area contributed by atoms with Crippen molar-refractivity contribution in [3.8, 4) is 0 Å². The third-order valence-corrected chi connectivity index (χ3v) is 4.04. The van der Waals surface area contributed by atoms with Gasteiger partial charge in [-0.05, 0) is 38.8 Å². The fourth-order valence-electron chi connectivity index (χ4n) is 3.15. The molecule has 0 bridgehead atoms. The molecule has 2 aliphatic rings. The number of amides is 1. The van der Waals surface area contributed by atoms with Crippen LogP contribution in [0.1, 0.15) is 30.7 Å². The zero-order valence-electron chi connectivity index (χ0n) is 10.9. The molecule has 0 radical (unpaired) electrons. The van der Waals surface area contributed by atoms with Gasteiger partial charge in [-0.1, -0.05) is 0 Å². The first kappa shape index (κ1) is 11.5. The molecule has 1 N–H and O–H groups in total. The summed E-state index contributed by atoms with van der Waals surface area (Å²) in [7, 11) is 0. The van der Waals surface area contributed by atoms with Crippen LogP contribution in [0.3, 0.4) is 0 Å². The highest BCUT2D eigenvalue weighted by Gasteiger charge is 2.42. The number of nitrogens with zero attached hydrogens (tertiary/aromatic N) is 2. The minimum atomic E-state index is 0.253. The van der Waals surface area contributed by atoms with E-state index in [0.717, 1.165) is 36.5 Å². The number of carbonyl (C=O) groups is 1.